The summed E-state index contributed by atoms with van der Waals surface area (Å²) in [6.07, 6.45) is 9.33. The van der Waals surface area contributed by atoms with Crippen LogP contribution in [0.4, 0.5) is 0 Å². The summed E-state index contributed by atoms with van der Waals surface area (Å²) in [5.41, 5.74) is 0. The second-order valence-corrected chi connectivity index (χ2v) is 7.77. The molecule has 0 saturated heterocycles. The van der Waals surface area contributed by atoms with Crippen LogP contribution < -0.4 is 5.32 Å². The number of amides is 1. The van der Waals surface area contributed by atoms with E-state index in [0.29, 0.717) is 31.6 Å². The molecule has 3 nitrogen and oxygen atoms in total. The molecule has 0 aliphatic rings. The molecule has 26 heavy (non-hydrogen) atoms. The van der Waals surface area contributed by atoms with Crippen molar-refractivity contribution in [2.45, 2.75) is 104 Å². The van der Waals surface area contributed by atoms with E-state index in [0.717, 1.165) is 57.8 Å². The summed E-state index contributed by atoms with van der Waals surface area (Å²) < 4.78 is 32.2. The Kier molecular flexibility index (Phi) is 14.7. The maximum atomic E-state index is 11.7. The number of carbonyl (C=O) groups is 2. The van der Waals surface area contributed by atoms with Gasteiger partial charge in [0.05, 0.1) is 2.74 Å². The third-order valence-corrected chi connectivity index (χ3v) is 4.94. The van der Waals surface area contributed by atoms with Crippen LogP contribution in [0.15, 0.2) is 12.1 Å². The Morgan fingerprint density at radius 3 is 2.35 bits per heavy atom. The fourth-order valence-corrected chi connectivity index (χ4v) is 3.20. The molecular formula is C22H41NO2S. The zero-order valence-corrected chi connectivity index (χ0v) is 17.6. The maximum absolute atomic E-state index is 11.7. The SMILES string of the molecule is [2H]/C(CCCCCCCC(=O)SCCNC(C)=O)=C(\[2H])C([2H])([2H])CCCCCCC. The van der Waals surface area contributed by atoms with E-state index in [1.807, 2.05) is 0 Å². The molecule has 0 spiro atoms. The second-order valence-electron chi connectivity index (χ2n) is 6.61. The van der Waals surface area contributed by atoms with Crippen LogP contribution in [-0.4, -0.2) is 23.3 Å². The molecule has 0 unspecified atom stereocenters. The van der Waals surface area contributed by atoms with Crippen molar-refractivity contribution in [2.75, 3.05) is 12.3 Å². The largest absolute Gasteiger partial charge is 0.356 e. The van der Waals surface area contributed by atoms with Crippen LogP contribution in [0.5, 0.6) is 0 Å². The van der Waals surface area contributed by atoms with E-state index in [9.17, 15) is 9.59 Å². The molecular weight excluding hydrogens is 342 g/mol. The van der Waals surface area contributed by atoms with Gasteiger partial charge in [-0.25, -0.2) is 0 Å². The lowest BCUT2D eigenvalue weighted by Gasteiger charge is -2.02. The van der Waals surface area contributed by atoms with Crippen LogP contribution in [0, 0.1) is 0 Å². The van der Waals surface area contributed by atoms with E-state index in [4.69, 9.17) is 5.48 Å². The molecule has 0 bridgehead atoms. The Morgan fingerprint density at radius 2 is 1.62 bits per heavy atom. The van der Waals surface area contributed by atoms with Crippen LogP contribution in [0.1, 0.15) is 109 Å². The normalized spacial score (nSPS) is 14.7. The minimum absolute atomic E-state index is 0.0789. The highest BCUT2D eigenvalue weighted by Crippen LogP contribution is 2.12. The summed E-state index contributed by atoms with van der Waals surface area (Å²) in [7, 11) is 0. The second kappa shape index (κ2) is 20.5. The molecule has 0 radical (unpaired) electrons. The number of hydrogen-bond donors (Lipinski definition) is 1. The Labute approximate surface area is 171 Å². The molecule has 0 aliphatic carbocycles. The molecule has 1 N–H and O–H groups in total. The third-order valence-electron chi connectivity index (χ3n) is 4.00. The molecule has 0 atom stereocenters. The Morgan fingerprint density at radius 1 is 0.962 bits per heavy atom. The van der Waals surface area contributed by atoms with Crippen molar-refractivity contribution in [1.82, 2.24) is 5.32 Å². The summed E-state index contributed by atoms with van der Waals surface area (Å²) in [4.78, 5) is 22.5. The minimum Gasteiger partial charge on any atom is -0.356 e. The fourth-order valence-electron chi connectivity index (χ4n) is 2.48. The van der Waals surface area contributed by atoms with Crippen molar-refractivity contribution < 1.29 is 15.1 Å². The molecule has 1 amide bonds. The van der Waals surface area contributed by atoms with Gasteiger partial charge >= 0.3 is 0 Å². The van der Waals surface area contributed by atoms with Gasteiger partial charge in [0, 0.05) is 28.4 Å². The van der Waals surface area contributed by atoms with Crippen molar-refractivity contribution >= 4 is 22.8 Å². The Hall–Kier alpha value is -0.770. The van der Waals surface area contributed by atoms with Crippen LogP contribution in [0.2, 0.25) is 0 Å². The van der Waals surface area contributed by atoms with E-state index in [1.54, 1.807) is 0 Å². The monoisotopic (exact) mass is 387 g/mol. The highest BCUT2D eigenvalue weighted by atomic mass is 32.2. The van der Waals surface area contributed by atoms with Crippen LogP contribution >= 0.6 is 11.8 Å². The van der Waals surface area contributed by atoms with Crippen molar-refractivity contribution in [1.29, 1.82) is 0 Å². The molecule has 0 aromatic rings. The van der Waals surface area contributed by atoms with Gasteiger partial charge in [-0.05, 0) is 32.1 Å². The van der Waals surface area contributed by atoms with Gasteiger partial charge in [-0.3, -0.25) is 9.59 Å². The van der Waals surface area contributed by atoms with Gasteiger partial charge in [0.1, 0.15) is 0 Å². The molecule has 0 aromatic heterocycles. The number of unbranched alkanes of at least 4 members (excludes halogenated alkanes) is 8. The molecule has 4 heteroatoms. The fraction of sp³-hybridized carbons (Fsp3) is 0.818. The number of rotatable bonds is 18. The number of hydrogen-bond acceptors (Lipinski definition) is 3. The van der Waals surface area contributed by atoms with Gasteiger partial charge in [-0.1, -0.05) is 82.2 Å². The smallest absolute Gasteiger partial charge is 0.216 e. The van der Waals surface area contributed by atoms with E-state index in [-0.39, 0.29) is 23.1 Å². The highest BCUT2D eigenvalue weighted by Gasteiger charge is 2.02. The minimum atomic E-state index is -1.69. The van der Waals surface area contributed by atoms with Crippen molar-refractivity contribution in [2.24, 2.45) is 0 Å². The molecule has 0 rings (SSSR count). The summed E-state index contributed by atoms with van der Waals surface area (Å²) >= 11 is 1.26. The molecule has 0 aliphatic heterocycles. The number of carbonyl (C=O) groups excluding carboxylic acids is 2. The molecule has 152 valence electrons. The highest BCUT2D eigenvalue weighted by molar-refractivity contribution is 8.13. The first-order chi connectivity index (χ1) is 14.2. The average Bonchev–Trinajstić information content (AvgIpc) is 2.69. The van der Waals surface area contributed by atoms with Crippen LogP contribution in [0.3, 0.4) is 0 Å². The van der Waals surface area contributed by atoms with E-state index in [2.05, 4.69) is 12.2 Å². The van der Waals surface area contributed by atoms with Crippen molar-refractivity contribution in [3.63, 3.8) is 0 Å². The lowest BCUT2D eigenvalue weighted by atomic mass is 10.1. The molecule has 0 heterocycles. The Balaban J connectivity index is 3.86. The van der Waals surface area contributed by atoms with Crippen LogP contribution in [-0.2, 0) is 9.59 Å². The molecule has 0 aromatic carbocycles. The number of thioether (sulfide) groups is 1. The summed E-state index contributed by atoms with van der Waals surface area (Å²) in [6, 6.07) is -0.0285. The van der Waals surface area contributed by atoms with E-state index >= 15 is 0 Å². The molecule has 0 saturated carbocycles. The predicted molar refractivity (Wildman–Crippen MR) is 116 cm³/mol. The lowest BCUT2D eigenvalue weighted by Crippen LogP contribution is -2.22. The van der Waals surface area contributed by atoms with Gasteiger partial charge < -0.3 is 5.32 Å². The zero-order chi connectivity index (χ0) is 22.8. The van der Waals surface area contributed by atoms with Crippen molar-refractivity contribution in [3.8, 4) is 0 Å². The summed E-state index contributed by atoms with van der Waals surface area (Å²) in [5, 5.41) is 2.83. The maximum Gasteiger partial charge on any atom is 0.216 e. The van der Waals surface area contributed by atoms with E-state index in [1.165, 1.54) is 25.1 Å². The number of nitrogens with one attached hydrogen (secondary N) is 1. The molecule has 0 fully saturated rings. The van der Waals surface area contributed by atoms with Gasteiger partial charge in [-0.15, -0.1) is 0 Å². The lowest BCUT2D eigenvalue weighted by molar-refractivity contribution is -0.118. The average molecular weight is 388 g/mol. The first kappa shape index (κ1) is 18.6. The zero-order valence-electron chi connectivity index (χ0n) is 20.8. The first-order valence-corrected chi connectivity index (χ1v) is 11.3. The van der Waals surface area contributed by atoms with Gasteiger partial charge in [0.2, 0.25) is 5.91 Å². The van der Waals surface area contributed by atoms with Crippen molar-refractivity contribution in [3.05, 3.63) is 12.1 Å². The summed E-state index contributed by atoms with van der Waals surface area (Å²) in [6.45, 7) is 4.12. The number of allylic oxidation sites excluding steroid dienone is 2. The van der Waals surface area contributed by atoms with Gasteiger partial charge in [-0.2, -0.15) is 0 Å². The first-order valence-electron chi connectivity index (χ1n) is 12.3. The third kappa shape index (κ3) is 21.3. The van der Waals surface area contributed by atoms with Gasteiger partial charge in [0.25, 0.3) is 0 Å². The Bertz CT molecular complexity index is 527. The topological polar surface area (TPSA) is 46.2 Å². The van der Waals surface area contributed by atoms with Gasteiger partial charge in [0.15, 0.2) is 5.12 Å². The van der Waals surface area contributed by atoms with Crippen LogP contribution in [0.25, 0.3) is 0 Å². The van der Waals surface area contributed by atoms with E-state index < -0.39 is 6.37 Å². The summed E-state index contributed by atoms with van der Waals surface area (Å²) in [5.74, 6) is 0.531. The predicted octanol–water partition coefficient (Wildman–Crippen LogP) is 6.42. The standard InChI is InChI=1S/C22H41NO2S/c1-3-4-5-6-7-8-9-10-11-12-13-14-15-16-17-18-22(25)26-20-19-23-21(2)24/h10-11H,3-9,12-20H2,1-2H3,(H,23,24)/b11-10-/i9D2,10D,11D. The quantitative estimate of drug-likeness (QED) is 0.218.